The summed E-state index contributed by atoms with van der Waals surface area (Å²) in [6.45, 7) is 3.16. The van der Waals surface area contributed by atoms with Crippen molar-refractivity contribution in [1.82, 2.24) is 0 Å². The summed E-state index contributed by atoms with van der Waals surface area (Å²) in [6, 6.07) is 6.50. The molecule has 1 saturated carbocycles. The van der Waals surface area contributed by atoms with Crippen molar-refractivity contribution >= 4 is 11.4 Å². The molecule has 0 bridgehead atoms. The Morgan fingerprint density at radius 1 is 1.40 bits per heavy atom. The van der Waals surface area contributed by atoms with Crippen molar-refractivity contribution in [3.8, 4) is 6.07 Å². The minimum absolute atomic E-state index is 0.109. The standard InChI is InChI=1S/C15H19N3O2/c1-11-2-4-12(5-3-11)10-17-14-6-7-15(18(19)20)13(8-14)9-16/h6-8,11-12,17H,2-5,10H2,1H3. The van der Waals surface area contributed by atoms with Gasteiger partial charge in [-0.15, -0.1) is 0 Å². The molecule has 1 aliphatic rings. The van der Waals surface area contributed by atoms with Crippen molar-refractivity contribution < 1.29 is 4.92 Å². The van der Waals surface area contributed by atoms with Crippen LogP contribution in [0.2, 0.25) is 0 Å². The third-order valence-corrected chi connectivity index (χ3v) is 4.04. The summed E-state index contributed by atoms with van der Waals surface area (Å²) in [5, 5.41) is 23.0. The van der Waals surface area contributed by atoms with E-state index in [9.17, 15) is 10.1 Å². The van der Waals surface area contributed by atoms with Crippen LogP contribution in [0.15, 0.2) is 18.2 Å². The molecule has 1 aromatic rings. The number of nitro benzene ring substituents is 1. The van der Waals surface area contributed by atoms with Crippen molar-refractivity contribution in [3.05, 3.63) is 33.9 Å². The predicted molar refractivity (Wildman–Crippen MR) is 77.4 cm³/mol. The Balaban J connectivity index is 1.97. The summed E-state index contributed by atoms with van der Waals surface area (Å²) in [5.74, 6) is 1.49. The predicted octanol–water partition coefficient (Wildman–Crippen LogP) is 3.70. The lowest BCUT2D eigenvalue weighted by molar-refractivity contribution is -0.385. The van der Waals surface area contributed by atoms with Crippen LogP contribution in [0.1, 0.15) is 38.2 Å². The number of nitrogens with zero attached hydrogens (tertiary/aromatic N) is 2. The molecule has 20 heavy (non-hydrogen) atoms. The second kappa shape index (κ2) is 6.38. The van der Waals surface area contributed by atoms with Gasteiger partial charge in [-0.1, -0.05) is 19.8 Å². The van der Waals surface area contributed by atoms with Gasteiger partial charge in [-0.05, 0) is 36.8 Å². The van der Waals surface area contributed by atoms with Crippen LogP contribution >= 0.6 is 0 Å². The molecule has 0 aromatic heterocycles. The molecular formula is C15H19N3O2. The van der Waals surface area contributed by atoms with Crippen LogP contribution in [0.25, 0.3) is 0 Å². The molecule has 1 N–H and O–H groups in total. The van der Waals surface area contributed by atoms with Gasteiger partial charge in [0.25, 0.3) is 5.69 Å². The van der Waals surface area contributed by atoms with Gasteiger partial charge in [0.1, 0.15) is 11.6 Å². The molecule has 0 aliphatic heterocycles. The van der Waals surface area contributed by atoms with Crippen LogP contribution in [0.3, 0.4) is 0 Å². The van der Waals surface area contributed by atoms with Gasteiger partial charge in [0.05, 0.1) is 4.92 Å². The van der Waals surface area contributed by atoms with E-state index in [4.69, 9.17) is 5.26 Å². The summed E-state index contributed by atoms with van der Waals surface area (Å²) in [7, 11) is 0. The maximum atomic E-state index is 10.8. The first-order chi connectivity index (χ1) is 9.60. The zero-order valence-electron chi connectivity index (χ0n) is 11.6. The number of hydrogen-bond donors (Lipinski definition) is 1. The number of nitrogens with one attached hydrogen (secondary N) is 1. The van der Waals surface area contributed by atoms with Gasteiger partial charge in [-0.2, -0.15) is 5.26 Å². The van der Waals surface area contributed by atoms with E-state index in [1.165, 1.54) is 31.7 Å². The topological polar surface area (TPSA) is 79.0 Å². The Morgan fingerprint density at radius 2 is 2.10 bits per heavy atom. The normalized spacial score (nSPS) is 22.0. The average Bonchev–Trinajstić information content (AvgIpc) is 2.46. The number of rotatable bonds is 4. The van der Waals surface area contributed by atoms with E-state index in [-0.39, 0.29) is 11.3 Å². The van der Waals surface area contributed by atoms with Crippen LogP contribution in [-0.4, -0.2) is 11.5 Å². The molecule has 0 heterocycles. The van der Waals surface area contributed by atoms with E-state index in [1.807, 2.05) is 6.07 Å². The Kier molecular flexibility index (Phi) is 4.57. The summed E-state index contributed by atoms with van der Waals surface area (Å²) >= 11 is 0. The number of benzene rings is 1. The fourth-order valence-corrected chi connectivity index (χ4v) is 2.69. The van der Waals surface area contributed by atoms with Gasteiger partial charge in [-0.3, -0.25) is 10.1 Å². The number of hydrogen-bond acceptors (Lipinski definition) is 4. The van der Waals surface area contributed by atoms with E-state index < -0.39 is 4.92 Å². The number of nitro groups is 1. The molecule has 5 heteroatoms. The van der Waals surface area contributed by atoms with Gasteiger partial charge in [-0.25, -0.2) is 0 Å². The van der Waals surface area contributed by atoms with Gasteiger partial charge in [0.15, 0.2) is 0 Å². The highest BCUT2D eigenvalue weighted by Crippen LogP contribution is 2.29. The summed E-state index contributed by atoms with van der Waals surface area (Å²) in [4.78, 5) is 10.2. The molecule has 0 atom stereocenters. The van der Waals surface area contributed by atoms with Crippen LogP contribution in [0.5, 0.6) is 0 Å². The summed E-state index contributed by atoms with van der Waals surface area (Å²) in [5.41, 5.74) is 0.757. The van der Waals surface area contributed by atoms with E-state index in [1.54, 1.807) is 12.1 Å². The maximum Gasteiger partial charge on any atom is 0.287 e. The Bertz CT molecular complexity index is 528. The van der Waals surface area contributed by atoms with E-state index in [0.717, 1.165) is 18.2 Å². The Hall–Kier alpha value is -2.09. The molecule has 0 saturated heterocycles. The lowest BCUT2D eigenvalue weighted by atomic mass is 9.83. The summed E-state index contributed by atoms with van der Waals surface area (Å²) < 4.78 is 0. The second-order valence-electron chi connectivity index (χ2n) is 5.61. The van der Waals surface area contributed by atoms with E-state index in [0.29, 0.717) is 5.92 Å². The highest BCUT2D eigenvalue weighted by molar-refractivity contribution is 5.58. The first kappa shape index (κ1) is 14.3. The molecule has 5 nitrogen and oxygen atoms in total. The minimum Gasteiger partial charge on any atom is -0.385 e. The van der Waals surface area contributed by atoms with Crippen molar-refractivity contribution in [3.63, 3.8) is 0 Å². The average molecular weight is 273 g/mol. The maximum absolute atomic E-state index is 10.8. The van der Waals surface area contributed by atoms with Crippen LogP contribution in [0, 0.1) is 33.3 Å². The first-order valence-electron chi connectivity index (χ1n) is 7.02. The lowest BCUT2D eigenvalue weighted by Crippen LogP contribution is -2.20. The van der Waals surface area contributed by atoms with Crippen LogP contribution in [0.4, 0.5) is 11.4 Å². The van der Waals surface area contributed by atoms with Crippen LogP contribution < -0.4 is 5.32 Å². The first-order valence-corrected chi connectivity index (χ1v) is 7.02. The zero-order chi connectivity index (χ0) is 14.5. The third kappa shape index (κ3) is 3.47. The highest BCUT2D eigenvalue weighted by Gasteiger charge is 2.18. The smallest absolute Gasteiger partial charge is 0.287 e. The molecular weight excluding hydrogens is 254 g/mol. The van der Waals surface area contributed by atoms with Crippen molar-refractivity contribution in [1.29, 1.82) is 5.26 Å². The molecule has 0 spiro atoms. The highest BCUT2D eigenvalue weighted by atomic mass is 16.6. The monoisotopic (exact) mass is 273 g/mol. The largest absolute Gasteiger partial charge is 0.385 e. The molecule has 0 amide bonds. The minimum atomic E-state index is -0.523. The zero-order valence-corrected chi connectivity index (χ0v) is 11.6. The van der Waals surface area contributed by atoms with Gasteiger partial charge >= 0.3 is 0 Å². The van der Waals surface area contributed by atoms with Crippen molar-refractivity contribution in [2.75, 3.05) is 11.9 Å². The molecule has 2 rings (SSSR count). The van der Waals surface area contributed by atoms with Crippen molar-refractivity contribution in [2.24, 2.45) is 11.8 Å². The molecule has 1 aliphatic carbocycles. The fraction of sp³-hybridized carbons (Fsp3) is 0.533. The number of nitriles is 1. The summed E-state index contributed by atoms with van der Waals surface area (Å²) in [6.07, 6.45) is 5.00. The molecule has 0 radical (unpaired) electrons. The fourth-order valence-electron chi connectivity index (χ4n) is 2.69. The quantitative estimate of drug-likeness (QED) is 0.670. The molecule has 0 unspecified atom stereocenters. The molecule has 106 valence electrons. The molecule has 1 aromatic carbocycles. The van der Waals surface area contributed by atoms with E-state index >= 15 is 0 Å². The Labute approximate surface area is 118 Å². The molecule has 1 fully saturated rings. The van der Waals surface area contributed by atoms with Gasteiger partial charge < -0.3 is 5.32 Å². The second-order valence-corrected chi connectivity index (χ2v) is 5.61. The SMILES string of the molecule is CC1CCC(CNc2ccc([N+](=O)[O-])c(C#N)c2)CC1. The number of anilines is 1. The lowest BCUT2D eigenvalue weighted by Gasteiger charge is -2.26. The van der Waals surface area contributed by atoms with Crippen molar-refractivity contribution in [2.45, 2.75) is 32.6 Å². The Morgan fingerprint density at radius 3 is 2.70 bits per heavy atom. The third-order valence-electron chi connectivity index (χ3n) is 4.04. The van der Waals surface area contributed by atoms with Gasteiger partial charge in [0.2, 0.25) is 0 Å². The van der Waals surface area contributed by atoms with Crippen LogP contribution in [-0.2, 0) is 0 Å². The van der Waals surface area contributed by atoms with E-state index in [2.05, 4.69) is 12.2 Å². The van der Waals surface area contributed by atoms with Gasteiger partial charge in [0, 0.05) is 18.3 Å².